The fourth-order valence-corrected chi connectivity index (χ4v) is 5.03. The van der Waals surface area contributed by atoms with Gasteiger partial charge in [0, 0.05) is 69.2 Å². The second-order valence-corrected chi connectivity index (χ2v) is 8.62. The van der Waals surface area contributed by atoms with Crippen LogP contribution in [-0.4, -0.2) is 78.9 Å². The molecule has 1 aromatic heterocycles. The van der Waals surface area contributed by atoms with Crippen molar-refractivity contribution in [2.24, 2.45) is 5.92 Å². The maximum absolute atomic E-state index is 9.44. The van der Waals surface area contributed by atoms with E-state index in [0.717, 1.165) is 31.4 Å². The molecule has 3 heterocycles. The summed E-state index contributed by atoms with van der Waals surface area (Å²) in [4.78, 5) is 12.3. The van der Waals surface area contributed by atoms with E-state index in [1.54, 1.807) is 0 Å². The Labute approximate surface area is 169 Å². The molecule has 2 aromatic rings. The molecule has 28 heavy (non-hydrogen) atoms. The van der Waals surface area contributed by atoms with E-state index >= 15 is 0 Å². The molecule has 5 heteroatoms. The molecule has 152 valence electrons. The van der Waals surface area contributed by atoms with Crippen LogP contribution in [0.1, 0.15) is 24.8 Å². The first-order chi connectivity index (χ1) is 13.7. The summed E-state index contributed by atoms with van der Waals surface area (Å²) < 4.78 is 0. The molecule has 0 saturated carbocycles. The van der Waals surface area contributed by atoms with Gasteiger partial charge in [-0.2, -0.15) is 0 Å². The van der Waals surface area contributed by atoms with Crippen LogP contribution in [0.3, 0.4) is 0 Å². The Balaban J connectivity index is 1.56. The highest BCUT2D eigenvalue weighted by Crippen LogP contribution is 2.33. The summed E-state index contributed by atoms with van der Waals surface area (Å²) in [5.74, 6) is 0.609. The lowest BCUT2D eigenvalue weighted by atomic mass is 9.86. The van der Waals surface area contributed by atoms with E-state index < -0.39 is 0 Å². The quantitative estimate of drug-likeness (QED) is 0.861. The average molecular weight is 383 g/mol. The molecule has 0 bridgehead atoms. The number of fused-ring (bicyclic) bond motifs is 1. The summed E-state index contributed by atoms with van der Waals surface area (Å²) in [6.45, 7) is 9.30. The van der Waals surface area contributed by atoms with Gasteiger partial charge in [-0.1, -0.05) is 11.6 Å². The van der Waals surface area contributed by atoms with Crippen LogP contribution >= 0.6 is 0 Å². The van der Waals surface area contributed by atoms with E-state index in [0.29, 0.717) is 18.6 Å². The van der Waals surface area contributed by atoms with Gasteiger partial charge >= 0.3 is 0 Å². The number of hydrogen-bond donors (Lipinski definition) is 1. The fourth-order valence-electron chi connectivity index (χ4n) is 5.03. The maximum atomic E-state index is 9.44. The van der Waals surface area contributed by atoms with Gasteiger partial charge < -0.3 is 14.9 Å². The third-order valence-electron chi connectivity index (χ3n) is 6.65. The first-order valence-electron chi connectivity index (χ1n) is 10.8. The number of rotatable bonds is 5. The molecule has 1 aromatic carbocycles. The fraction of sp³-hybridized carbons (Fsp3) is 0.609. The van der Waals surface area contributed by atoms with E-state index in [-0.39, 0.29) is 0 Å². The van der Waals surface area contributed by atoms with Gasteiger partial charge in [0.15, 0.2) is 0 Å². The van der Waals surface area contributed by atoms with Crippen molar-refractivity contribution in [2.45, 2.75) is 32.2 Å². The van der Waals surface area contributed by atoms with Crippen LogP contribution in [0, 0.1) is 12.8 Å². The standard InChI is InChI=1S/C23H34N4O/c1-18-5-6-21-20(16-18)23(7-9-24-21)27-10-8-22(19(17-27)4-3-15-28)26-13-11-25(2)12-14-26/h5-7,9,16,19,22,28H,3-4,8,10-15,17H2,1-2H3/t19-,22+/m0/s1. The number of aliphatic hydroxyl groups is 1. The molecular weight excluding hydrogens is 348 g/mol. The van der Waals surface area contributed by atoms with E-state index in [2.05, 4.69) is 57.9 Å². The van der Waals surface area contributed by atoms with E-state index in [1.807, 2.05) is 6.20 Å². The second kappa shape index (κ2) is 8.76. The van der Waals surface area contributed by atoms with E-state index in [1.165, 1.54) is 49.2 Å². The number of piperidine rings is 1. The van der Waals surface area contributed by atoms with Gasteiger partial charge in [0.2, 0.25) is 0 Å². The highest BCUT2D eigenvalue weighted by molar-refractivity contribution is 5.92. The molecule has 2 saturated heterocycles. The summed E-state index contributed by atoms with van der Waals surface area (Å²) in [5.41, 5.74) is 3.68. The molecule has 0 spiro atoms. The predicted octanol–water partition coefficient (Wildman–Crippen LogP) is 2.76. The minimum atomic E-state index is 0.295. The maximum Gasteiger partial charge on any atom is 0.0722 e. The van der Waals surface area contributed by atoms with Gasteiger partial charge in [-0.05, 0) is 57.4 Å². The number of hydrogen-bond acceptors (Lipinski definition) is 5. The molecule has 2 fully saturated rings. The van der Waals surface area contributed by atoms with Crippen LogP contribution in [0.15, 0.2) is 30.5 Å². The lowest BCUT2D eigenvalue weighted by Gasteiger charge is -2.47. The van der Waals surface area contributed by atoms with Crippen LogP contribution in [0.25, 0.3) is 10.9 Å². The molecule has 0 radical (unpaired) electrons. The molecular formula is C23H34N4O. The normalized spacial score (nSPS) is 24.8. The second-order valence-electron chi connectivity index (χ2n) is 8.62. The number of aliphatic hydroxyl groups excluding tert-OH is 1. The Hall–Kier alpha value is -1.69. The van der Waals surface area contributed by atoms with E-state index in [9.17, 15) is 5.11 Å². The number of aryl methyl sites for hydroxylation is 1. The summed E-state index contributed by atoms with van der Waals surface area (Å²) in [5, 5.41) is 10.7. The minimum absolute atomic E-state index is 0.295. The Morgan fingerprint density at radius 2 is 1.93 bits per heavy atom. The lowest BCUT2D eigenvalue weighted by molar-refractivity contribution is 0.0639. The summed E-state index contributed by atoms with van der Waals surface area (Å²) in [6, 6.07) is 9.37. The van der Waals surface area contributed by atoms with Crippen LogP contribution in [0.2, 0.25) is 0 Å². The molecule has 1 N–H and O–H groups in total. The average Bonchev–Trinajstić information content (AvgIpc) is 2.72. The predicted molar refractivity (Wildman–Crippen MR) is 116 cm³/mol. The zero-order chi connectivity index (χ0) is 19.5. The highest BCUT2D eigenvalue weighted by Gasteiger charge is 2.34. The lowest BCUT2D eigenvalue weighted by Crippen LogP contribution is -2.56. The van der Waals surface area contributed by atoms with Crippen LogP contribution < -0.4 is 4.90 Å². The number of nitrogens with zero attached hydrogens (tertiary/aromatic N) is 4. The zero-order valence-electron chi connectivity index (χ0n) is 17.3. The molecule has 2 aliphatic rings. The van der Waals surface area contributed by atoms with Crippen LogP contribution in [-0.2, 0) is 0 Å². The first-order valence-corrected chi connectivity index (χ1v) is 10.8. The number of aromatic nitrogens is 1. The van der Waals surface area contributed by atoms with Crippen molar-refractivity contribution in [3.8, 4) is 0 Å². The van der Waals surface area contributed by atoms with Crippen molar-refractivity contribution in [1.82, 2.24) is 14.8 Å². The molecule has 4 rings (SSSR count). The van der Waals surface area contributed by atoms with Gasteiger partial charge in [-0.3, -0.25) is 9.88 Å². The number of likely N-dealkylation sites (N-methyl/N-ethyl adjacent to an activating group) is 1. The monoisotopic (exact) mass is 382 g/mol. The van der Waals surface area contributed by atoms with Gasteiger partial charge in [0.05, 0.1) is 5.52 Å². The van der Waals surface area contributed by atoms with Crippen molar-refractivity contribution in [3.05, 3.63) is 36.0 Å². The first kappa shape index (κ1) is 19.6. The SMILES string of the molecule is Cc1ccc2nccc(N3CC[C@@H](N4CCN(C)CC4)[C@@H](CCCO)C3)c2c1. The van der Waals surface area contributed by atoms with Gasteiger partial charge in [-0.25, -0.2) is 0 Å². The number of anilines is 1. The topological polar surface area (TPSA) is 42.8 Å². The molecule has 0 aliphatic carbocycles. The van der Waals surface area contributed by atoms with Gasteiger partial charge in [0.25, 0.3) is 0 Å². The smallest absolute Gasteiger partial charge is 0.0722 e. The summed E-state index contributed by atoms with van der Waals surface area (Å²) >= 11 is 0. The molecule has 0 unspecified atom stereocenters. The largest absolute Gasteiger partial charge is 0.396 e. The Morgan fingerprint density at radius 3 is 2.71 bits per heavy atom. The van der Waals surface area contributed by atoms with Crippen molar-refractivity contribution >= 4 is 16.6 Å². The van der Waals surface area contributed by atoms with Gasteiger partial charge in [0.1, 0.15) is 0 Å². The van der Waals surface area contributed by atoms with Crippen molar-refractivity contribution in [2.75, 3.05) is 57.8 Å². The number of piperazine rings is 1. The molecule has 2 atom stereocenters. The van der Waals surface area contributed by atoms with Gasteiger partial charge in [-0.15, -0.1) is 0 Å². The number of benzene rings is 1. The van der Waals surface area contributed by atoms with Crippen molar-refractivity contribution in [3.63, 3.8) is 0 Å². The molecule has 0 amide bonds. The third-order valence-corrected chi connectivity index (χ3v) is 6.65. The van der Waals surface area contributed by atoms with Crippen LogP contribution in [0.4, 0.5) is 5.69 Å². The Bertz CT molecular complexity index is 787. The molecule has 5 nitrogen and oxygen atoms in total. The van der Waals surface area contributed by atoms with Crippen LogP contribution in [0.5, 0.6) is 0 Å². The third kappa shape index (κ3) is 4.17. The number of pyridine rings is 1. The van der Waals surface area contributed by atoms with Crippen molar-refractivity contribution < 1.29 is 5.11 Å². The Morgan fingerprint density at radius 1 is 1.11 bits per heavy atom. The zero-order valence-corrected chi connectivity index (χ0v) is 17.3. The van der Waals surface area contributed by atoms with Crippen molar-refractivity contribution in [1.29, 1.82) is 0 Å². The summed E-state index contributed by atoms with van der Waals surface area (Å²) in [7, 11) is 2.22. The Kier molecular flexibility index (Phi) is 6.14. The highest BCUT2D eigenvalue weighted by atomic mass is 16.2. The molecule has 2 aliphatic heterocycles. The summed E-state index contributed by atoms with van der Waals surface area (Å²) in [6.07, 6.45) is 5.16. The van der Waals surface area contributed by atoms with E-state index in [4.69, 9.17) is 0 Å². The minimum Gasteiger partial charge on any atom is -0.396 e.